The van der Waals surface area contributed by atoms with Crippen LogP contribution >= 0.6 is 0 Å². The van der Waals surface area contributed by atoms with E-state index in [2.05, 4.69) is 13.8 Å². The van der Waals surface area contributed by atoms with Gasteiger partial charge < -0.3 is 5.11 Å². The zero-order valence-electron chi connectivity index (χ0n) is 15.0. The summed E-state index contributed by atoms with van der Waals surface area (Å²) in [6.45, 7) is 4.42. The van der Waals surface area contributed by atoms with Crippen LogP contribution in [0.1, 0.15) is 65.2 Å². The van der Waals surface area contributed by atoms with E-state index in [0.717, 1.165) is 32.1 Å². The Hall–Kier alpha value is -0.960. The molecule has 4 aliphatic carbocycles. The Labute approximate surface area is 144 Å². The van der Waals surface area contributed by atoms with E-state index in [9.17, 15) is 14.7 Å². The van der Waals surface area contributed by atoms with Gasteiger partial charge in [-0.25, -0.2) is 0 Å². The molecule has 0 saturated heterocycles. The predicted octanol–water partition coefficient (Wildman–Crippen LogP) is 3.70. The number of Topliss-reactive ketones (excluding diaryl/α,β-unsaturated/α-hetero) is 1. The van der Waals surface area contributed by atoms with Gasteiger partial charge >= 0.3 is 0 Å². The fourth-order valence-corrected chi connectivity index (χ4v) is 7.20. The Balaban J connectivity index is 1.65. The van der Waals surface area contributed by atoms with Crippen LogP contribution in [-0.4, -0.2) is 23.3 Å². The number of carbonyl (C=O) groups excluding carboxylic acids is 2. The molecule has 3 heteroatoms. The molecular weight excluding hydrogens is 300 g/mol. The van der Waals surface area contributed by atoms with E-state index in [1.807, 2.05) is 6.08 Å². The Morgan fingerprint density at radius 1 is 1.12 bits per heavy atom. The van der Waals surface area contributed by atoms with E-state index >= 15 is 0 Å². The number of allylic oxidation sites excluding steroid dienone is 1. The molecule has 0 bridgehead atoms. The van der Waals surface area contributed by atoms with Crippen molar-refractivity contribution in [3.05, 3.63) is 11.6 Å². The normalized spacial score (nSPS) is 47.5. The second-order valence-electron chi connectivity index (χ2n) is 9.27. The first kappa shape index (κ1) is 16.5. The van der Waals surface area contributed by atoms with Gasteiger partial charge in [-0.2, -0.15) is 0 Å². The highest BCUT2D eigenvalue weighted by atomic mass is 16.3. The first-order valence-corrected chi connectivity index (χ1v) is 9.77. The Morgan fingerprint density at radius 2 is 1.92 bits per heavy atom. The number of hydrogen-bond acceptors (Lipinski definition) is 3. The van der Waals surface area contributed by atoms with Gasteiger partial charge in [0.2, 0.25) is 0 Å². The van der Waals surface area contributed by atoms with Gasteiger partial charge in [0.05, 0.1) is 0 Å². The molecule has 4 aliphatic rings. The van der Waals surface area contributed by atoms with Crippen LogP contribution in [-0.2, 0) is 9.59 Å². The third-order valence-corrected chi connectivity index (χ3v) is 8.51. The number of aliphatic hydroxyl groups excluding tert-OH is 1. The second kappa shape index (κ2) is 5.52. The van der Waals surface area contributed by atoms with Crippen molar-refractivity contribution in [3.63, 3.8) is 0 Å². The van der Waals surface area contributed by atoms with Gasteiger partial charge in [0.15, 0.2) is 11.6 Å². The third kappa shape index (κ3) is 2.13. The average molecular weight is 330 g/mol. The van der Waals surface area contributed by atoms with E-state index < -0.39 is 0 Å². The molecule has 1 N–H and O–H groups in total. The molecule has 4 unspecified atom stereocenters. The average Bonchev–Trinajstić information content (AvgIpc) is 2.92. The smallest absolute Gasteiger partial charge is 0.161 e. The fraction of sp³-hybridized carbons (Fsp3) is 0.810. The topological polar surface area (TPSA) is 54.4 Å². The molecule has 6 atom stereocenters. The Bertz CT molecular complexity index is 606. The summed E-state index contributed by atoms with van der Waals surface area (Å²) < 4.78 is 0. The van der Waals surface area contributed by atoms with E-state index in [-0.39, 0.29) is 29.1 Å². The maximum Gasteiger partial charge on any atom is 0.161 e. The Kier molecular flexibility index (Phi) is 3.80. The van der Waals surface area contributed by atoms with Gasteiger partial charge in [-0.15, -0.1) is 0 Å². The zero-order valence-corrected chi connectivity index (χ0v) is 15.0. The summed E-state index contributed by atoms with van der Waals surface area (Å²) in [4.78, 5) is 24.1. The number of rotatable bonds is 2. The fourth-order valence-electron chi connectivity index (χ4n) is 7.20. The molecule has 24 heavy (non-hydrogen) atoms. The van der Waals surface area contributed by atoms with Gasteiger partial charge in [-0.1, -0.05) is 19.4 Å². The lowest BCUT2D eigenvalue weighted by Gasteiger charge is -2.58. The molecule has 4 rings (SSSR count). The van der Waals surface area contributed by atoms with E-state index in [0.29, 0.717) is 30.0 Å². The minimum Gasteiger partial charge on any atom is -0.389 e. The molecule has 0 spiro atoms. The zero-order chi connectivity index (χ0) is 17.1. The summed E-state index contributed by atoms with van der Waals surface area (Å²) in [5, 5.41) is 9.36. The SMILES string of the molecule is C[C@]12CCC3C(CCC4=CC(=O)CC[C@@]43C)C1CCC2C(=O)CO. The van der Waals surface area contributed by atoms with Crippen molar-refractivity contribution in [3.8, 4) is 0 Å². The maximum atomic E-state index is 12.3. The number of aliphatic hydroxyl groups is 1. The lowest BCUT2D eigenvalue weighted by molar-refractivity contribution is -0.133. The minimum absolute atomic E-state index is 0.0596. The van der Waals surface area contributed by atoms with Crippen molar-refractivity contribution < 1.29 is 14.7 Å². The molecule has 0 heterocycles. The number of fused-ring (bicyclic) bond motifs is 5. The van der Waals surface area contributed by atoms with Gasteiger partial charge in [0.1, 0.15) is 6.61 Å². The van der Waals surface area contributed by atoms with Crippen molar-refractivity contribution >= 4 is 11.6 Å². The van der Waals surface area contributed by atoms with Crippen molar-refractivity contribution in [1.29, 1.82) is 0 Å². The van der Waals surface area contributed by atoms with Crippen LogP contribution in [0.5, 0.6) is 0 Å². The van der Waals surface area contributed by atoms with Crippen LogP contribution < -0.4 is 0 Å². The monoisotopic (exact) mass is 330 g/mol. The lowest BCUT2D eigenvalue weighted by Crippen LogP contribution is -2.51. The molecule has 3 nitrogen and oxygen atoms in total. The molecular formula is C21H30O3. The lowest BCUT2D eigenvalue weighted by atomic mass is 9.46. The largest absolute Gasteiger partial charge is 0.389 e. The van der Waals surface area contributed by atoms with Gasteiger partial charge in [0, 0.05) is 12.3 Å². The minimum atomic E-state index is -0.298. The standard InChI is InChI=1S/C21H30O3/c1-20-9-7-14(23)11-13(20)3-4-15-16-5-6-18(19(24)12-22)21(16,2)10-8-17(15)20/h11,15-18,22H,3-10,12H2,1-2H3/t15?,16?,17?,18?,20-,21-/m0/s1. The van der Waals surface area contributed by atoms with Crippen molar-refractivity contribution in [1.82, 2.24) is 0 Å². The van der Waals surface area contributed by atoms with Crippen LogP contribution in [0.4, 0.5) is 0 Å². The molecule has 0 aromatic carbocycles. The van der Waals surface area contributed by atoms with Crippen molar-refractivity contribution in [2.75, 3.05) is 6.61 Å². The van der Waals surface area contributed by atoms with Gasteiger partial charge in [0.25, 0.3) is 0 Å². The molecule has 0 aliphatic heterocycles. The summed E-state index contributed by atoms with van der Waals surface area (Å²) in [7, 11) is 0. The molecule has 3 saturated carbocycles. The molecule has 0 amide bonds. The van der Waals surface area contributed by atoms with Gasteiger partial charge in [-0.05, 0) is 79.6 Å². The van der Waals surface area contributed by atoms with Crippen molar-refractivity contribution in [2.24, 2.45) is 34.5 Å². The first-order valence-electron chi connectivity index (χ1n) is 9.77. The molecule has 0 aromatic heterocycles. The maximum absolute atomic E-state index is 12.3. The van der Waals surface area contributed by atoms with Crippen LogP contribution in [0.15, 0.2) is 11.6 Å². The van der Waals surface area contributed by atoms with E-state index in [1.54, 1.807) is 0 Å². The third-order valence-electron chi connectivity index (χ3n) is 8.51. The van der Waals surface area contributed by atoms with Crippen LogP contribution in [0.2, 0.25) is 0 Å². The predicted molar refractivity (Wildman–Crippen MR) is 92.3 cm³/mol. The Morgan fingerprint density at radius 3 is 2.67 bits per heavy atom. The number of hydrogen-bond donors (Lipinski definition) is 1. The first-order chi connectivity index (χ1) is 11.4. The second-order valence-corrected chi connectivity index (χ2v) is 9.27. The van der Waals surface area contributed by atoms with Crippen LogP contribution in [0, 0.1) is 34.5 Å². The van der Waals surface area contributed by atoms with Crippen LogP contribution in [0.3, 0.4) is 0 Å². The molecule has 3 fully saturated rings. The highest BCUT2D eigenvalue weighted by molar-refractivity contribution is 5.91. The van der Waals surface area contributed by atoms with Crippen molar-refractivity contribution in [2.45, 2.75) is 65.2 Å². The molecule has 0 radical (unpaired) electrons. The van der Waals surface area contributed by atoms with E-state index in [1.165, 1.54) is 18.4 Å². The summed E-state index contributed by atoms with van der Waals surface area (Å²) in [6, 6.07) is 0. The number of carbonyl (C=O) groups is 2. The van der Waals surface area contributed by atoms with E-state index in [4.69, 9.17) is 0 Å². The summed E-state index contributed by atoms with van der Waals surface area (Å²) >= 11 is 0. The van der Waals surface area contributed by atoms with Gasteiger partial charge in [-0.3, -0.25) is 9.59 Å². The highest BCUT2D eigenvalue weighted by Crippen LogP contribution is 2.66. The van der Waals surface area contributed by atoms with Crippen LogP contribution in [0.25, 0.3) is 0 Å². The summed E-state index contributed by atoms with van der Waals surface area (Å²) in [5.74, 6) is 2.42. The molecule has 0 aromatic rings. The molecule has 132 valence electrons. The summed E-state index contributed by atoms with van der Waals surface area (Å²) in [5.41, 5.74) is 1.70. The quantitative estimate of drug-likeness (QED) is 0.840. The summed E-state index contributed by atoms with van der Waals surface area (Å²) in [6.07, 6.45) is 10.3. The highest BCUT2D eigenvalue weighted by Gasteiger charge is 2.59. The number of ketones is 2.